The van der Waals surface area contributed by atoms with Crippen LogP contribution in [0.1, 0.15) is 22.3 Å². The van der Waals surface area contributed by atoms with E-state index in [4.69, 9.17) is 0 Å². The molecule has 3 saturated heterocycles. The molecule has 9 heteroatoms. The highest BCUT2D eigenvalue weighted by Crippen LogP contribution is 2.44. The molecule has 162 valence electrons. The van der Waals surface area contributed by atoms with Gasteiger partial charge in [0.2, 0.25) is 0 Å². The zero-order chi connectivity index (χ0) is 22.9. The number of carbonyl (C=O) groups is 3. The number of aromatic nitrogens is 1. The van der Waals surface area contributed by atoms with E-state index in [0.717, 1.165) is 4.47 Å². The molecule has 0 N–H and O–H groups in total. The van der Waals surface area contributed by atoms with Crippen LogP contribution in [0.5, 0.6) is 0 Å². The fraction of sp³-hybridized carbons (Fsp3) is 0.208. The number of pyridine rings is 1. The van der Waals surface area contributed by atoms with Gasteiger partial charge in [-0.25, -0.2) is 9.69 Å². The van der Waals surface area contributed by atoms with Gasteiger partial charge in [-0.05, 0) is 48.9 Å². The Labute approximate surface area is 197 Å². The van der Waals surface area contributed by atoms with E-state index in [1.165, 1.54) is 4.90 Å². The molecule has 4 heterocycles. The van der Waals surface area contributed by atoms with Gasteiger partial charge >= 0.3 is 6.03 Å². The van der Waals surface area contributed by atoms with Crippen molar-refractivity contribution in [1.82, 2.24) is 14.8 Å². The molecule has 0 radical (unpaired) electrons. The number of anilines is 1. The number of hydrogen-bond donors (Lipinski definition) is 0. The molecule has 6 rings (SSSR count). The van der Waals surface area contributed by atoms with Crippen molar-refractivity contribution in [1.29, 1.82) is 5.26 Å². The van der Waals surface area contributed by atoms with Crippen LogP contribution in [0.4, 0.5) is 10.5 Å². The Morgan fingerprint density at radius 1 is 1.15 bits per heavy atom. The predicted molar refractivity (Wildman–Crippen MR) is 122 cm³/mol. The average molecular weight is 502 g/mol. The van der Waals surface area contributed by atoms with Gasteiger partial charge < -0.3 is 9.80 Å². The number of likely N-dealkylation sites (tertiary alicyclic amines) is 1. The summed E-state index contributed by atoms with van der Waals surface area (Å²) in [6.07, 6.45) is 2.16. The molecule has 0 spiro atoms. The lowest BCUT2D eigenvalue weighted by Crippen LogP contribution is -2.54. The first-order valence-corrected chi connectivity index (χ1v) is 11.3. The molecule has 2 bridgehead atoms. The van der Waals surface area contributed by atoms with E-state index < -0.39 is 6.04 Å². The van der Waals surface area contributed by atoms with Crippen LogP contribution in [0.25, 0.3) is 10.9 Å². The summed E-state index contributed by atoms with van der Waals surface area (Å²) in [5, 5.41) is 9.97. The first-order chi connectivity index (χ1) is 16.0. The number of amides is 4. The second-order valence-corrected chi connectivity index (χ2v) is 9.29. The second-order valence-electron chi connectivity index (χ2n) is 8.38. The molecule has 4 amide bonds. The summed E-state index contributed by atoms with van der Waals surface area (Å²) in [5.74, 6) is -0.496. The van der Waals surface area contributed by atoms with Gasteiger partial charge in [-0.3, -0.25) is 14.6 Å². The number of piperazine rings is 1. The Bertz CT molecular complexity index is 1420. The van der Waals surface area contributed by atoms with E-state index in [1.54, 1.807) is 58.5 Å². The van der Waals surface area contributed by atoms with Crippen LogP contribution in [0.2, 0.25) is 0 Å². The summed E-state index contributed by atoms with van der Waals surface area (Å²) >= 11 is 3.40. The van der Waals surface area contributed by atoms with Crippen molar-refractivity contribution in [3.05, 3.63) is 70.3 Å². The van der Waals surface area contributed by atoms with Crippen molar-refractivity contribution in [2.75, 3.05) is 11.4 Å². The molecule has 2 aromatic carbocycles. The summed E-state index contributed by atoms with van der Waals surface area (Å²) in [4.78, 5) is 49.0. The van der Waals surface area contributed by atoms with Crippen LogP contribution in [0, 0.1) is 11.3 Å². The summed E-state index contributed by atoms with van der Waals surface area (Å²) in [5.41, 5.74) is 1.77. The lowest BCUT2D eigenvalue weighted by Gasteiger charge is -2.35. The van der Waals surface area contributed by atoms with Gasteiger partial charge in [0.25, 0.3) is 11.8 Å². The van der Waals surface area contributed by atoms with Crippen molar-refractivity contribution in [2.24, 2.45) is 0 Å². The van der Waals surface area contributed by atoms with Gasteiger partial charge in [0.1, 0.15) is 12.1 Å². The van der Waals surface area contributed by atoms with E-state index >= 15 is 0 Å². The van der Waals surface area contributed by atoms with Gasteiger partial charge in [0.05, 0.1) is 28.9 Å². The smallest absolute Gasteiger partial charge is 0.331 e. The highest BCUT2D eigenvalue weighted by Gasteiger charge is 2.63. The van der Waals surface area contributed by atoms with E-state index in [-0.39, 0.29) is 29.9 Å². The number of carbonyl (C=O) groups excluding carboxylic acids is 3. The number of nitriles is 1. The lowest BCUT2D eigenvalue weighted by molar-refractivity contribution is -0.121. The minimum atomic E-state index is -0.713. The number of benzene rings is 2. The minimum absolute atomic E-state index is 0.143. The van der Waals surface area contributed by atoms with Gasteiger partial charge in [0, 0.05) is 28.2 Å². The first kappa shape index (κ1) is 19.9. The summed E-state index contributed by atoms with van der Waals surface area (Å²) in [7, 11) is 0. The highest BCUT2D eigenvalue weighted by molar-refractivity contribution is 9.10. The largest absolute Gasteiger partial charge is 0.332 e. The van der Waals surface area contributed by atoms with Crippen LogP contribution < -0.4 is 4.90 Å². The maximum atomic E-state index is 13.6. The normalized spacial score (nSPS) is 23.4. The number of fused-ring (bicyclic) bond motifs is 6. The number of rotatable bonds is 2. The van der Waals surface area contributed by atoms with E-state index in [2.05, 4.69) is 27.0 Å². The Morgan fingerprint density at radius 3 is 2.79 bits per heavy atom. The minimum Gasteiger partial charge on any atom is -0.331 e. The van der Waals surface area contributed by atoms with Crippen molar-refractivity contribution < 1.29 is 14.4 Å². The number of nitrogens with zero attached hydrogens (tertiary/aromatic N) is 5. The van der Waals surface area contributed by atoms with Crippen LogP contribution in [0.15, 0.2) is 59.2 Å². The molecule has 3 aliphatic heterocycles. The van der Waals surface area contributed by atoms with Gasteiger partial charge in [-0.2, -0.15) is 5.26 Å². The fourth-order valence-electron chi connectivity index (χ4n) is 5.34. The maximum absolute atomic E-state index is 13.6. The molecular weight excluding hydrogens is 486 g/mol. The molecule has 0 aliphatic carbocycles. The number of urea groups is 1. The molecule has 8 nitrogen and oxygen atoms in total. The molecule has 3 fully saturated rings. The molecule has 0 saturated carbocycles. The Balaban J connectivity index is 1.37. The predicted octanol–water partition coefficient (Wildman–Crippen LogP) is 3.30. The monoisotopic (exact) mass is 501 g/mol. The Hall–Kier alpha value is -3.77. The first-order valence-electron chi connectivity index (χ1n) is 10.5. The average Bonchev–Trinajstić information content (AvgIpc) is 3.49. The number of halogens is 1. The molecular formula is C24H16BrN5O3. The number of imide groups is 1. The lowest BCUT2D eigenvalue weighted by atomic mass is 10.1. The SMILES string of the molecule is N#Cc1ccc(N2C(=O)[C@@H]3[C@@H]4C[C@@H](CN4C(=O)c4cccc(Br)c4)N3C2=O)c2cccnc12. The van der Waals surface area contributed by atoms with Crippen LogP contribution in [-0.4, -0.2) is 57.3 Å². The third-order valence-electron chi connectivity index (χ3n) is 6.70. The Morgan fingerprint density at radius 2 is 2.00 bits per heavy atom. The fourth-order valence-corrected chi connectivity index (χ4v) is 5.74. The van der Waals surface area contributed by atoms with Crippen LogP contribution >= 0.6 is 15.9 Å². The third-order valence-corrected chi connectivity index (χ3v) is 7.20. The third kappa shape index (κ3) is 2.74. The zero-order valence-corrected chi connectivity index (χ0v) is 18.8. The maximum Gasteiger partial charge on any atom is 0.332 e. The summed E-state index contributed by atoms with van der Waals surface area (Å²) in [6, 6.07) is 14.2. The molecule has 3 atom stereocenters. The van der Waals surface area contributed by atoms with Crippen LogP contribution in [0.3, 0.4) is 0 Å². The summed E-state index contributed by atoms with van der Waals surface area (Å²) in [6.45, 7) is 0.398. The van der Waals surface area contributed by atoms with Crippen molar-refractivity contribution in [2.45, 2.75) is 24.5 Å². The van der Waals surface area contributed by atoms with Crippen molar-refractivity contribution >= 4 is 50.4 Å². The molecule has 0 unspecified atom stereocenters. The highest BCUT2D eigenvalue weighted by atomic mass is 79.9. The van der Waals surface area contributed by atoms with Crippen molar-refractivity contribution in [3.63, 3.8) is 0 Å². The molecule has 3 aromatic rings. The van der Waals surface area contributed by atoms with E-state index in [9.17, 15) is 19.6 Å². The standard InChI is InChI=1S/C24H16BrN5O3/c25-15-4-1-3-13(9-15)22(31)28-12-16-10-19(28)21-23(32)30(24(33)29(16)21)18-7-6-14(11-26)20-17(18)5-2-8-27-20/h1-9,16,19,21H,10,12H2/t16-,19-,21-/m0/s1. The molecule has 33 heavy (non-hydrogen) atoms. The zero-order valence-electron chi connectivity index (χ0n) is 17.2. The molecule has 3 aliphatic rings. The van der Waals surface area contributed by atoms with Crippen LogP contribution in [-0.2, 0) is 4.79 Å². The van der Waals surface area contributed by atoms with Gasteiger partial charge in [-0.1, -0.05) is 22.0 Å². The van der Waals surface area contributed by atoms with E-state index in [0.29, 0.717) is 40.7 Å². The Kier molecular flexibility index (Phi) is 4.29. The van der Waals surface area contributed by atoms with Gasteiger partial charge in [0.15, 0.2) is 0 Å². The quantitative estimate of drug-likeness (QED) is 0.501. The number of hydrogen-bond acceptors (Lipinski definition) is 5. The van der Waals surface area contributed by atoms with Crippen molar-refractivity contribution in [3.8, 4) is 6.07 Å². The van der Waals surface area contributed by atoms with Gasteiger partial charge in [-0.15, -0.1) is 0 Å². The summed E-state index contributed by atoms with van der Waals surface area (Å²) < 4.78 is 0.805. The topological polar surface area (TPSA) is 97.6 Å². The second kappa shape index (κ2) is 7.12. The molecule has 1 aromatic heterocycles. The van der Waals surface area contributed by atoms with E-state index in [1.807, 2.05) is 6.07 Å².